The lowest BCUT2D eigenvalue weighted by Crippen LogP contribution is -2.14. The first-order chi connectivity index (χ1) is 7.83. The molecule has 3 nitrogen and oxygen atoms in total. The number of H-pyrrole nitrogens is 1. The van der Waals surface area contributed by atoms with E-state index in [1.54, 1.807) is 0 Å². The van der Waals surface area contributed by atoms with E-state index in [0.29, 0.717) is 12.0 Å². The summed E-state index contributed by atoms with van der Waals surface area (Å²) in [7, 11) is 2.01. The van der Waals surface area contributed by atoms with Gasteiger partial charge >= 0.3 is 0 Å². The van der Waals surface area contributed by atoms with Gasteiger partial charge in [0, 0.05) is 23.2 Å². The van der Waals surface area contributed by atoms with E-state index in [1.165, 1.54) is 49.8 Å². The van der Waals surface area contributed by atoms with Crippen molar-refractivity contribution in [2.45, 2.75) is 57.4 Å². The summed E-state index contributed by atoms with van der Waals surface area (Å²) in [5, 5.41) is 10.8. The number of nitrogens with one attached hydrogen (secondary N) is 2. The van der Waals surface area contributed by atoms with Gasteiger partial charge < -0.3 is 5.32 Å². The van der Waals surface area contributed by atoms with Gasteiger partial charge in [-0.3, -0.25) is 5.10 Å². The number of nitrogens with zero attached hydrogens (tertiary/aromatic N) is 1. The van der Waals surface area contributed by atoms with E-state index in [0.717, 1.165) is 0 Å². The van der Waals surface area contributed by atoms with Crippen LogP contribution in [0.5, 0.6) is 0 Å². The number of rotatable bonds is 3. The first-order valence-corrected chi connectivity index (χ1v) is 6.53. The van der Waals surface area contributed by atoms with Crippen molar-refractivity contribution < 1.29 is 0 Å². The largest absolute Gasteiger partial charge is 0.313 e. The molecule has 1 unspecified atom stereocenters. The molecule has 1 aromatic rings. The summed E-state index contributed by atoms with van der Waals surface area (Å²) in [5.74, 6) is 0.704. The van der Waals surface area contributed by atoms with Gasteiger partial charge in [0.1, 0.15) is 0 Å². The second-order valence-corrected chi connectivity index (χ2v) is 4.94. The zero-order valence-electron chi connectivity index (χ0n) is 10.4. The minimum absolute atomic E-state index is 0.400. The lowest BCUT2D eigenvalue weighted by Gasteiger charge is -2.17. The Hall–Kier alpha value is -0.830. The quantitative estimate of drug-likeness (QED) is 0.770. The van der Waals surface area contributed by atoms with Crippen LogP contribution in [-0.4, -0.2) is 17.2 Å². The summed E-state index contributed by atoms with van der Waals surface area (Å²) >= 11 is 0. The second kappa shape index (κ2) is 5.48. The van der Waals surface area contributed by atoms with Crippen LogP contribution in [0, 0.1) is 0 Å². The van der Waals surface area contributed by atoms with Crippen molar-refractivity contribution in [2.75, 3.05) is 7.05 Å². The summed E-state index contributed by atoms with van der Waals surface area (Å²) in [6.45, 7) is 2.20. The van der Waals surface area contributed by atoms with E-state index >= 15 is 0 Å². The Kier molecular flexibility index (Phi) is 3.99. The zero-order valence-corrected chi connectivity index (χ0v) is 10.4. The van der Waals surface area contributed by atoms with Gasteiger partial charge in [-0.2, -0.15) is 5.10 Å². The average Bonchev–Trinajstić information content (AvgIpc) is 2.64. The highest BCUT2D eigenvalue weighted by atomic mass is 15.1. The Labute approximate surface area is 98.0 Å². The van der Waals surface area contributed by atoms with Crippen LogP contribution in [0.2, 0.25) is 0 Å². The molecule has 0 bridgehead atoms. The van der Waals surface area contributed by atoms with Crippen molar-refractivity contribution >= 4 is 0 Å². The fourth-order valence-corrected chi connectivity index (χ4v) is 2.70. The lowest BCUT2D eigenvalue weighted by molar-refractivity contribution is 0.556. The van der Waals surface area contributed by atoms with Gasteiger partial charge in [-0.1, -0.05) is 25.7 Å². The molecular formula is C13H23N3. The summed E-state index contributed by atoms with van der Waals surface area (Å²) in [6, 6.07) is 0.400. The molecule has 2 N–H and O–H groups in total. The van der Waals surface area contributed by atoms with Crippen molar-refractivity contribution in [3.05, 3.63) is 17.5 Å². The average molecular weight is 221 g/mol. The summed E-state index contributed by atoms with van der Waals surface area (Å²) in [5.41, 5.74) is 2.73. The highest BCUT2D eigenvalue weighted by molar-refractivity contribution is 5.24. The molecule has 1 saturated carbocycles. The van der Waals surface area contributed by atoms with Gasteiger partial charge in [0.2, 0.25) is 0 Å². The monoisotopic (exact) mass is 221 g/mol. The third-order valence-electron chi connectivity index (χ3n) is 3.86. The SMILES string of the molecule is CNC(C)c1cn[nH]c1C1CCCCCC1. The van der Waals surface area contributed by atoms with Crippen LogP contribution in [0.1, 0.15) is 68.7 Å². The highest BCUT2D eigenvalue weighted by Gasteiger charge is 2.21. The van der Waals surface area contributed by atoms with Crippen LogP contribution in [0.4, 0.5) is 0 Å². The normalized spacial score (nSPS) is 20.6. The van der Waals surface area contributed by atoms with E-state index in [1.807, 2.05) is 13.2 Å². The third-order valence-corrected chi connectivity index (χ3v) is 3.86. The van der Waals surface area contributed by atoms with Crippen molar-refractivity contribution in [2.24, 2.45) is 0 Å². The standard InChI is InChI=1S/C13H23N3/c1-10(14-2)12-9-15-16-13(12)11-7-5-3-4-6-8-11/h9-11,14H,3-8H2,1-2H3,(H,15,16). The number of aromatic nitrogens is 2. The molecular weight excluding hydrogens is 198 g/mol. The summed E-state index contributed by atoms with van der Waals surface area (Å²) in [4.78, 5) is 0. The van der Waals surface area contributed by atoms with Crippen molar-refractivity contribution in [3.63, 3.8) is 0 Å². The van der Waals surface area contributed by atoms with Gasteiger partial charge in [-0.25, -0.2) is 0 Å². The molecule has 90 valence electrons. The van der Waals surface area contributed by atoms with Gasteiger partial charge in [-0.05, 0) is 26.8 Å². The van der Waals surface area contributed by atoms with Crippen LogP contribution < -0.4 is 5.32 Å². The number of aromatic amines is 1. The number of hydrogen-bond acceptors (Lipinski definition) is 2. The van der Waals surface area contributed by atoms with E-state index in [-0.39, 0.29) is 0 Å². The van der Waals surface area contributed by atoms with Crippen molar-refractivity contribution in [1.29, 1.82) is 0 Å². The van der Waals surface area contributed by atoms with E-state index in [4.69, 9.17) is 0 Å². The lowest BCUT2D eigenvalue weighted by atomic mass is 9.92. The molecule has 1 aromatic heterocycles. The Balaban J connectivity index is 2.15. The maximum atomic E-state index is 4.23. The minimum Gasteiger partial charge on any atom is -0.313 e. The van der Waals surface area contributed by atoms with Gasteiger partial charge in [0.15, 0.2) is 0 Å². The molecule has 0 aliphatic heterocycles. The predicted octanol–water partition coefficient (Wildman–Crippen LogP) is 3.13. The molecule has 0 spiro atoms. The molecule has 1 fully saturated rings. The van der Waals surface area contributed by atoms with Crippen LogP contribution in [0.25, 0.3) is 0 Å². The molecule has 3 heteroatoms. The molecule has 1 aliphatic rings. The second-order valence-electron chi connectivity index (χ2n) is 4.94. The van der Waals surface area contributed by atoms with Crippen molar-refractivity contribution in [1.82, 2.24) is 15.5 Å². The maximum absolute atomic E-state index is 4.23. The molecule has 1 aliphatic carbocycles. The number of hydrogen-bond donors (Lipinski definition) is 2. The Morgan fingerprint density at radius 2 is 2.00 bits per heavy atom. The molecule has 0 aromatic carbocycles. The predicted molar refractivity (Wildman–Crippen MR) is 66.5 cm³/mol. The van der Waals surface area contributed by atoms with Crippen LogP contribution >= 0.6 is 0 Å². The van der Waals surface area contributed by atoms with Crippen LogP contribution in [0.15, 0.2) is 6.20 Å². The maximum Gasteiger partial charge on any atom is 0.0538 e. The molecule has 1 heterocycles. The smallest absolute Gasteiger partial charge is 0.0538 e. The van der Waals surface area contributed by atoms with E-state index in [2.05, 4.69) is 22.4 Å². The van der Waals surface area contributed by atoms with E-state index < -0.39 is 0 Å². The molecule has 0 saturated heterocycles. The topological polar surface area (TPSA) is 40.7 Å². The van der Waals surface area contributed by atoms with Crippen molar-refractivity contribution in [3.8, 4) is 0 Å². The Morgan fingerprint density at radius 1 is 1.31 bits per heavy atom. The fourth-order valence-electron chi connectivity index (χ4n) is 2.70. The minimum atomic E-state index is 0.400. The van der Waals surface area contributed by atoms with Gasteiger partial charge in [-0.15, -0.1) is 0 Å². The molecule has 0 amide bonds. The van der Waals surface area contributed by atoms with Gasteiger partial charge in [0.25, 0.3) is 0 Å². The molecule has 2 rings (SSSR count). The Bertz CT molecular complexity index is 311. The first-order valence-electron chi connectivity index (χ1n) is 6.53. The van der Waals surface area contributed by atoms with Crippen LogP contribution in [0.3, 0.4) is 0 Å². The fraction of sp³-hybridized carbons (Fsp3) is 0.769. The Morgan fingerprint density at radius 3 is 2.62 bits per heavy atom. The molecule has 0 radical (unpaired) electrons. The van der Waals surface area contributed by atoms with Crippen LogP contribution in [-0.2, 0) is 0 Å². The van der Waals surface area contributed by atoms with Gasteiger partial charge in [0.05, 0.1) is 6.20 Å². The zero-order chi connectivity index (χ0) is 11.4. The third kappa shape index (κ3) is 2.46. The van der Waals surface area contributed by atoms with E-state index in [9.17, 15) is 0 Å². The summed E-state index contributed by atoms with van der Waals surface area (Å²) < 4.78 is 0. The first kappa shape index (κ1) is 11.6. The summed E-state index contributed by atoms with van der Waals surface area (Å²) in [6.07, 6.45) is 10.2. The highest BCUT2D eigenvalue weighted by Crippen LogP contribution is 2.33. The molecule has 1 atom stereocenters. The molecule has 16 heavy (non-hydrogen) atoms.